The largest absolute Gasteiger partial charge is 0.365 e. The van der Waals surface area contributed by atoms with Crippen molar-refractivity contribution in [3.05, 3.63) is 45.8 Å². The zero-order valence-electron chi connectivity index (χ0n) is 15.4. The van der Waals surface area contributed by atoms with Crippen molar-refractivity contribution < 1.29 is 9.59 Å². The number of thioether (sulfide) groups is 1. The molecule has 0 spiro atoms. The minimum Gasteiger partial charge on any atom is -0.365 e. The Balaban J connectivity index is 0.00000261. The highest BCUT2D eigenvalue weighted by Gasteiger charge is 2.27. The van der Waals surface area contributed by atoms with Crippen LogP contribution in [-0.4, -0.2) is 35.6 Å². The topological polar surface area (TPSA) is 75.4 Å². The Kier molecular flexibility index (Phi) is 7.73. The van der Waals surface area contributed by atoms with Gasteiger partial charge in [0, 0.05) is 28.4 Å². The van der Waals surface area contributed by atoms with Crippen molar-refractivity contribution in [2.75, 3.05) is 24.2 Å². The predicted octanol–water partition coefficient (Wildman–Crippen LogP) is 4.01. The molecule has 3 N–H and O–H groups in total. The van der Waals surface area contributed by atoms with Crippen LogP contribution in [0.25, 0.3) is 0 Å². The van der Waals surface area contributed by atoms with E-state index in [2.05, 4.69) is 24.1 Å². The molecular weight excluding hydrogens is 402 g/mol. The molecule has 0 fully saturated rings. The summed E-state index contributed by atoms with van der Waals surface area (Å²) < 4.78 is 0. The van der Waals surface area contributed by atoms with Crippen molar-refractivity contribution in [2.24, 2.45) is 5.73 Å². The summed E-state index contributed by atoms with van der Waals surface area (Å²) in [4.78, 5) is 29.2. The van der Waals surface area contributed by atoms with E-state index in [1.807, 2.05) is 24.3 Å². The van der Waals surface area contributed by atoms with Crippen LogP contribution in [-0.2, 0) is 13.0 Å². The van der Waals surface area contributed by atoms with E-state index < -0.39 is 5.91 Å². The molecular formula is C19H24ClN3O2S2. The molecule has 0 saturated carbocycles. The number of carbonyl (C=O) groups is 2. The van der Waals surface area contributed by atoms with Crippen molar-refractivity contribution in [3.8, 4) is 0 Å². The van der Waals surface area contributed by atoms with Crippen molar-refractivity contribution in [2.45, 2.75) is 31.7 Å². The first kappa shape index (κ1) is 21.8. The van der Waals surface area contributed by atoms with Gasteiger partial charge in [-0.15, -0.1) is 35.5 Å². The van der Waals surface area contributed by atoms with Gasteiger partial charge in [0.25, 0.3) is 11.8 Å². The Morgan fingerprint density at radius 3 is 2.56 bits per heavy atom. The molecule has 1 aromatic carbocycles. The van der Waals surface area contributed by atoms with E-state index in [9.17, 15) is 9.59 Å². The van der Waals surface area contributed by atoms with E-state index in [0.717, 1.165) is 47.1 Å². The molecule has 0 unspecified atom stereocenters. The lowest BCUT2D eigenvalue weighted by Crippen LogP contribution is -2.30. The Morgan fingerprint density at radius 1 is 1.26 bits per heavy atom. The number of nitrogens with two attached hydrogens (primary N) is 1. The SMILES string of the molecule is CCSc1ccc(C(=O)Nc2sc3c(c2C(N)=O)CCN(CC)C3)cc1.Cl. The maximum atomic E-state index is 12.6. The Hall–Kier alpha value is -1.54. The van der Waals surface area contributed by atoms with E-state index in [0.29, 0.717) is 16.1 Å². The summed E-state index contributed by atoms with van der Waals surface area (Å²) in [6, 6.07) is 7.50. The van der Waals surface area contributed by atoms with Crippen LogP contribution in [0.15, 0.2) is 29.2 Å². The molecule has 8 heteroatoms. The number of carbonyl (C=O) groups excluding carboxylic acids is 2. The van der Waals surface area contributed by atoms with Gasteiger partial charge in [-0.05, 0) is 48.5 Å². The highest BCUT2D eigenvalue weighted by Crippen LogP contribution is 2.37. The number of nitrogens with one attached hydrogen (secondary N) is 1. The third-order valence-corrected chi connectivity index (χ3v) is 6.51. The predicted molar refractivity (Wildman–Crippen MR) is 116 cm³/mol. The second kappa shape index (κ2) is 9.59. The Bertz CT molecular complexity index is 821. The van der Waals surface area contributed by atoms with Crippen molar-refractivity contribution >= 4 is 52.3 Å². The van der Waals surface area contributed by atoms with Crippen LogP contribution >= 0.6 is 35.5 Å². The molecule has 146 valence electrons. The number of nitrogens with zero attached hydrogens (tertiary/aromatic N) is 1. The molecule has 0 radical (unpaired) electrons. The maximum Gasteiger partial charge on any atom is 0.256 e. The molecule has 0 bridgehead atoms. The van der Waals surface area contributed by atoms with Gasteiger partial charge in [0.1, 0.15) is 5.00 Å². The molecule has 0 saturated heterocycles. The first-order valence-electron chi connectivity index (χ1n) is 8.74. The standard InChI is InChI=1S/C19H23N3O2S2.ClH/c1-3-22-10-9-14-15(11-22)26-19(16(14)17(20)23)21-18(24)12-5-7-13(8-6-12)25-4-2;/h5-8H,3-4,9-11H2,1-2H3,(H2,20,23)(H,21,24);1H. The molecule has 0 aliphatic carbocycles. The maximum absolute atomic E-state index is 12.6. The molecule has 2 aromatic rings. The van der Waals surface area contributed by atoms with Gasteiger partial charge in [0.05, 0.1) is 5.56 Å². The molecule has 0 atom stereocenters. The van der Waals surface area contributed by atoms with Crippen molar-refractivity contribution in [1.29, 1.82) is 0 Å². The number of primary amides is 1. The number of hydrogen-bond donors (Lipinski definition) is 2. The third-order valence-electron chi connectivity index (χ3n) is 4.48. The molecule has 2 heterocycles. The van der Waals surface area contributed by atoms with Gasteiger partial charge >= 0.3 is 0 Å². The summed E-state index contributed by atoms with van der Waals surface area (Å²) in [5.74, 6) is 0.298. The van der Waals surface area contributed by atoms with Gasteiger partial charge in [-0.2, -0.15) is 0 Å². The molecule has 3 rings (SSSR count). The van der Waals surface area contributed by atoms with E-state index in [1.165, 1.54) is 11.3 Å². The Morgan fingerprint density at radius 2 is 1.96 bits per heavy atom. The van der Waals surface area contributed by atoms with E-state index >= 15 is 0 Å². The minimum absolute atomic E-state index is 0. The molecule has 1 aliphatic rings. The van der Waals surface area contributed by atoms with Gasteiger partial charge in [0.2, 0.25) is 0 Å². The smallest absolute Gasteiger partial charge is 0.256 e. The summed E-state index contributed by atoms with van der Waals surface area (Å²) >= 11 is 3.20. The quantitative estimate of drug-likeness (QED) is 0.685. The molecule has 1 aliphatic heterocycles. The van der Waals surface area contributed by atoms with Gasteiger partial charge in [-0.25, -0.2) is 0 Å². The van der Waals surface area contributed by atoms with Crippen LogP contribution < -0.4 is 11.1 Å². The number of halogens is 1. The fourth-order valence-electron chi connectivity index (χ4n) is 3.12. The lowest BCUT2D eigenvalue weighted by molar-refractivity contribution is 0.1000. The number of benzene rings is 1. The van der Waals surface area contributed by atoms with Crippen LogP contribution in [0.1, 0.15) is 45.0 Å². The zero-order valence-corrected chi connectivity index (χ0v) is 17.9. The Labute approximate surface area is 174 Å². The number of fused-ring (bicyclic) bond motifs is 1. The molecule has 1 aromatic heterocycles. The van der Waals surface area contributed by atoms with Gasteiger partial charge < -0.3 is 11.1 Å². The lowest BCUT2D eigenvalue weighted by Gasteiger charge is -2.25. The number of thiophene rings is 1. The van der Waals surface area contributed by atoms with Crippen LogP contribution in [0.3, 0.4) is 0 Å². The first-order valence-corrected chi connectivity index (χ1v) is 10.5. The van der Waals surface area contributed by atoms with Gasteiger partial charge in [-0.3, -0.25) is 14.5 Å². The van der Waals surface area contributed by atoms with Crippen LogP contribution in [0, 0.1) is 0 Å². The number of hydrogen-bond acceptors (Lipinski definition) is 5. The second-order valence-corrected chi connectivity index (χ2v) is 8.55. The highest BCUT2D eigenvalue weighted by atomic mass is 35.5. The van der Waals surface area contributed by atoms with Gasteiger partial charge in [0.15, 0.2) is 0 Å². The average Bonchev–Trinajstić information content (AvgIpc) is 2.99. The summed E-state index contributed by atoms with van der Waals surface area (Å²) in [5, 5.41) is 3.47. The van der Waals surface area contributed by atoms with Crippen molar-refractivity contribution in [1.82, 2.24) is 4.90 Å². The summed E-state index contributed by atoms with van der Waals surface area (Å²) in [7, 11) is 0. The number of rotatable bonds is 6. The van der Waals surface area contributed by atoms with Gasteiger partial charge in [-0.1, -0.05) is 13.8 Å². The number of anilines is 1. The van der Waals surface area contributed by atoms with Crippen LogP contribution in [0.4, 0.5) is 5.00 Å². The van der Waals surface area contributed by atoms with Crippen LogP contribution in [0.5, 0.6) is 0 Å². The second-order valence-electron chi connectivity index (χ2n) is 6.10. The number of likely N-dealkylation sites (N-methyl/N-ethyl adjacent to an activating group) is 1. The molecule has 2 amide bonds. The highest BCUT2D eigenvalue weighted by molar-refractivity contribution is 7.99. The third kappa shape index (κ3) is 4.85. The molecule has 27 heavy (non-hydrogen) atoms. The summed E-state index contributed by atoms with van der Waals surface area (Å²) in [6.07, 6.45) is 0.788. The van der Waals surface area contributed by atoms with E-state index in [1.54, 1.807) is 11.8 Å². The van der Waals surface area contributed by atoms with Crippen molar-refractivity contribution in [3.63, 3.8) is 0 Å². The first-order chi connectivity index (χ1) is 12.5. The summed E-state index contributed by atoms with van der Waals surface area (Å²) in [6.45, 7) is 6.89. The normalized spacial score (nSPS) is 13.6. The number of amides is 2. The summed E-state index contributed by atoms with van der Waals surface area (Å²) in [5.41, 5.74) is 7.67. The van der Waals surface area contributed by atoms with Crippen LogP contribution in [0.2, 0.25) is 0 Å². The fraction of sp³-hybridized carbons (Fsp3) is 0.368. The average molecular weight is 426 g/mol. The zero-order chi connectivity index (χ0) is 18.7. The van der Waals surface area contributed by atoms with E-state index in [4.69, 9.17) is 5.73 Å². The molecule has 5 nitrogen and oxygen atoms in total. The minimum atomic E-state index is -0.475. The fourth-order valence-corrected chi connectivity index (χ4v) is 5.07. The monoisotopic (exact) mass is 425 g/mol. The lowest BCUT2D eigenvalue weighted by atomic mass is 10.0. The van der Waals surface area contributed by atoms with E-state index in [-0.39, 0.29) is 18.3 Å².